The van der Waals surface area contributed by atoms with Gasteiger partial charge in [-0.1, -0.05) is 101 Å². The first kappa shape index (κ1) is 75.6. The van der Waals surface area contributed by atoms with Gasteiger partial charge in [-0.05, 0) is 97.4 Å². The Kier molecular flexibility index (Phi) is 25.2. The standard InChI is InChI=1S/C47H68O17.C23H25ClN4O2S/c1-10-11-12-13-14-15-39(51)62-43-31(22-41(53)58-9)21-34-25-37(28(2)48)61-42(54)24-32(50)23-35-26-38(59-29(3)49)45(6,7)46(55,63-35)27-36-19-30(20-40(52)57-8)18-33(60-36)16-17-44(4,5)47(43,56)64-34;1-12-13(2)31-22-19(12)20(15-7-9-16(24)10-8-15)25-17(11-18(29)30-23(4,5)6)21-27-26-14(3)28(21)22/h12-17,20,22,28,32-38,43,48,50,55-56H,10-11,18-19,21,23-27H2,1-9H3;7-10,17H,11H2,1-6H3/b13-12+,15-14+,17-16-,30-20+,31-22+;/t28-,32-,33?,34+,35-,36+,37-,38+,43+,46+,47-;17-/m10/s1. The summed E-state index contributed by atoms with van der Waals surface area (Å²) in [6, 6.07) is 7.11. The van der Waals surface area contributed by atoms with Gasteiger partial charge in [0.25, 0.3) is 0 Å². The second-order valence-corrected chi connectivity index (χ2v) is 28.6. The van der Waals surface area contributed by atoms with Crippen LogP contribution >= 0.6 is 22.9 Å². The summed E-state index contributed by atoms with van der Waals surface area (Å²) in [6.45, 7) is 22.9. The summed E-state index contributed by atoms with van der Waals surface area (Å²) in [5.41, 5.74) is 1.34. The number of hydrogen-bond acceptors (Lipinski definition) is 23. The van der Waals surface area contributed by atoms with Crippen molar-refractivity contribution in [1.29, 1.82) is 0 Å². The summed E-state index contributed by atoms with van der Waals surface area (Å²) < 4.78 is 54.3. The molecule has 520 valence electrons. The van der Waals surface area contributed by atoms with E-state index in [2.05, 4.69) is 24.0 Å². The number of aromatic nitrogens is 3. The number of benzene rings is 1. The third kappa shape index (κ3) is 18.9. The number of cyclic esters (lactones) is 1. The average Bonchev–Trinajstić information content (AvgIpc) is 1.73. The molecule has 0 amide bonds. The van der Waals surface area contributed by atoms with Gasteiger partial charge in [0.05, 0.1) is 74.8 Å². The lowest BCUT2D eigenvalue weighted by Gasteiger charge is -2.53. The molecule has 0 radical (unpaired) electrons. The van der Waals surface area contributed by atoms with Crippen molar-refractivity contribution in [2.45, 2.75) is 239 Å². The molecule has 0 saturated carbocycles. The van der Waals surface area contributed by atoms with Crippen molar-refractivity contribution < 1.29 is 91.8 Å². The number of aryl methyl sites for hydroxylation is 2. The predicted octanol–water partition coefficient (Wildman–Crippen LogP) is 9.81. The van der Waals surface area contributed by atoms with Crippen LogP contribution < -0.4 is 0 Å². The average molecular weight is 1360 g/mol. The Hall–Kier alpha value is -6.74. The van der Waals surface area contributed by atoms with Crippen molar-refractivity contribution in [2.24, 2.45) is 15.8 Å². The Balaban J connectivity index is 0.000000340. The van der Waals surface area contributed by atoms with Gasteiger partial charge in [-0.15, -0.1) is 21.5 Å². The van der Waals surface area contributed by atoms with Gasteiger partial charge in [0.15, 0.2) is 17.7 Å². The molecule has 5 aliphatic rings. The van der Waals surface area contributed by atoms with Crippen LogP contribution in [-0.4, -0.2) is 163 Å². The number of allylic oxidation sites excluding steroid dienone is 3. The normalized spacial score (nSPS) is 29.2. The van der Waals surface area contributed by atoms with Crippen LogP contribution in [0.4, 0.5) is 0 Å². The zero-order valence-electron chi connectivity index (χ0n) is 57.0. The van der Waals surface area contributed by atoms with Crippen molar-refractivity contribution in [3.05, 3.63) is 122 Å². The van der Waals surface area contributed by atoms with E-state index < -0.39 is 125 Å². The minimum Gasteiger partial charge on any atom is -0.466 e. The minimum absolute atomic E-state index is 0.0721. The number of rotatable bonds is 12. The summed E-state index contributed by atoms with van der Waals surface area (Å²) in [5, 5.41) is 57.9. The number of methoxy groups -OCH3 is 2. The van der Waals surface area contributed by atoms with Crippen LogP contribution in [0.15, 0.2) is 89.0 Å². The van der Waals surface area contributed by atoms with Crippen LogP contribution in [0, 0.1) is 31.6 Å². The Bertz CT molecular complexity index is 3460. The first-order valence-electron chi connectivity index (χ1n) is 32.1. The van der Waals surface area contributed by atoms with Gasteiger partial charge in [-0.2, -0.15) is 0 Å². The molecular formula is C70H93ClN4O19S. The lowest BCUT2D eigenvalue weighted by Crippen LogP contribution is -2.62. The highest BCUT2D eigenvalue weighted by Crippen LogP contribution is 2.51. The molecule has 1 aromatic carbocycles. The highest BCUT2D eigenvalue weighted by Gasteiger charge is 2.60. The van der Waals surface area contributed by atoms with Crippen LogP contribution in [0.5, 0.6) is 0 Å². The third-order valence-electron chi connectivity index (χ3n) is 17.5. The number of carbonyl (C=O) groups excluding carboxylic acids is 6. The number of aliphatic imine (C=N–C) groups is 1. The van der Waals surface area contributed by atoms with Gasteiger partial charge in [-0.3, -0.25) is 23.9 Å². The van der Waals surface area contributed by atoms with Crippen LogP contribution in [0.25, 0.3) is 5.00 Å². The maximum Gasteiger partial charge on any atom is 0.331 e. The van der Waals surface area contributed by atoms with E-state index in [0.29, 0.717) is 16.4 Å². The van der Waals surface area contributed by atoms with E-state index in [-0.39, 0.29) is 62.9 Å². The largest absolute Gasteiger partial charge is 0.466 e. The van der Waals surface area contributed by atoms with Crippen LogP contribution in [0.2, 0.25) is 5.02 Å². The molecule has 7 heterocycles. The summed E-state index contributed by atoms with van der Waals surface area (Å²) in [5.74, 6) is -7.22. The topological polar surface area (TPSA) is 309 Å². The van der Waals surface area contributed by atoms with Crippen LogP contribution in [-0.2, 0) is 71.4 Å². The zero-order chi connectivity index (χ0) is 70.1. The van der Waals surface area contributed by atoms with E-state index in [4.69, 9.17) is 59.2 Å². The van der Waals surface area contributed by atoms with Crippen LogP contribution in [0.1, 0.15) is 179 Å². The molecule has 95 heavy (non-hydrogen) atoms. The molecule has 1 unspecified atom stereocenters. The summed E-state index contributed by atoms with van der Waals surface area (Å²) in [7, 11) is 2.40. The smallest absolute Gasteiger partial charge is 0.331 e. The Morgan fingerprint density at radius 2 is 1.56 bits per heavy atom. The molecule has 3 aromatic rings. The highest BCUT2D eigenvalue weighted by atomic mass is 35.5. The molecular weight excluding hydrogens is 1270 g/mol. The van der Waals surface area contributed by atoms with Gasteiger partial charge >= 0.3 is 35.8 Å². The fourth-order valence-electron chi connectivity index (χ4n) is 12.2. The number of unbranched alkanes of at least 4 members (excludes halogenated alkanes) is 1. The Morgan fingerprint density at radius 3 is 2.20 bits per heavy atom. The number of halogens is 1. The fourth-order valence-corrected chi connectivity index (χ4v) is 13.6. The number of carbonyl (C=O) groups is 6. The molecule has 23 nitrogen and oxygen atoms in total. The maximum absolute atomic E-state index is 13.4. The maximum atomic E-state index is 13.4. The van der Waals surface area contributed by atoms with Gasteiger partial charge in [-0.25, -0.2) is 14.4 Å². The van der Waals surface area contributed by atoms with Crippen molar-refractivity contribution in [2.75, 3.05) is 14.2 Å². The second kappa shape index (κ2) is 31.6. The van der Waals surface area contributed by atoms with Crippen LogP contribution in [0.3, 0.4) is 0 Å². The molecule has 3 saturated heterocycles. The number of fused-ring (bicyclic) bond motifs is 9. The highest BCUT2D eigenvalue weighted by molar-refractivity contribution is 7.15. The molecule has 12 atom stereocenters. The molecule has 0 aliphatic carbocycles. The number of ether oxygens (including phenoxy) is 9. The van der Waals surface area contributed by atoms with Crippen molar-refractivity contribution >= 4 is 64.5 Å². The number of aliphatic hydroxyl groups is 4. The van der Waals surface area contributed by atoms with E-state index in [1.54, 1.807) is 57.3 Å². The van der Waals surface area contributed by atoms with E-state index in [1.165, 1.54) is 38.0 Å². The number of thiophene rings is 1. The second-order valence-electron chi connectivity index (χ2n) is 27.0. The van der Waals surface area contributed by atoms with Crippen molar-refractivity contribution in [3.63, 3.8) is 0 Å². The molecule has 8 rings (SSSR count). The first-order valence-corrected chi connectivity index (χ1v) is 33.3. The van der Waals surface area contributed by atoms with E-state index in [9.17, 15) is 49.2 Å². The molecule has 0 spiro atoms. The van der Waals surface area contributed by atoms with E-state index >= 15 is 0 Å². The number of nitrogens with zero attached hydrogens (tertiary/aromatic N) is 4. The fraction of sp³-hybridized carbons (Fsp3) is 0.586. The number of aliphatic hydroxyl groups excluding tert-OH is 2. The summed E-state index contributed by atoms with van der Waals surface area (Å²) >= 11 is 7.82. The van der Waals surface area contributed by atoms with Gasteiger partial charge < -0.3 is 63.1 Å². The predicted molar refractivity (Wildman–Crippen MR) is 352 cm³/mol. The molecule has 3 fully saturated rings. The van der Waals surface area contributed by atoms with Gasteiger partial charge in [0, 0.05) is 77.3 Å². The molecule has 25 heteroatoms. The van der Waals surface area contributed by atoms with E-state index in [1.807, 2.05) is 69.5 Å². The number of esters is 6. The summed E-state index contributed by atoms with van der Waals surface area (Å²) in [4.78, 5) is 83.6. The van der Waals surface area contributed by atoms with Gasteiger partial charge in [0.2, 0.25) is 5.79 Å². The lowest BCUT2D eigenvalue weighted by atomic mass is 9.70. The molecule has 6 bridgehead atoms. The molecule has 5 aliphatic heterocycles. The van der Waals surface area contributed by atoms with Gasteiger partial charge in [0.1, 0.15) is 34.7 Å². The molecule has 4 N–H and O–H groups in total. The SMILES string of the molecule is CCC/C=C/C=C/C(=O)O[C@H]1/C(=C/C(=O)OC)C[C@H]2C[C@H]([C@@H](C)O)OC(=O)C[C@H](O)C[C@@H]3C[C@H](OC(C)=O)C(C)(C)[C@](O)(C[C@@H]4C/C(=C/C(=O)OC)CC(/C=C\C(C)(C)[C@]1(O)O2)O4)O3.Cc1sc2c(c1C)C(c1ccc(Cl)cc1)=N[C@@H](CC(=O)OC(C)(C)C)c1nnc(C)n1-2. The Labute approximate surface area is 564 Å². The third-order valence-corrected chi connectivity index (χ3v) is 19.0. The summed E-state index contributed by atoms with van der Waals surface area (Å²) in [6.07, 6.45) is 2.64. The van der Waals surface area contributed by atoms with Crippen molar-refractivity contribution in [1.82, 2.24) is 14.8 Å². The quantitative estimate of drug-likeness (QED) is 0.0431. The zero-order valence-corrected chi connectivity index (χ0v) is 58.5. The number of hydrogen-bond donors (Lipinski definition) is 4. The Morgan fingerprint density at radius 1 is 0.874 bits per heavy atom. The minimum atomic E-state index is -2.47. The van der Waals surface area contributed by atoms with Crippen molar-refractivity contribution in [3.8, 4) is 5.00 Å². The monoisotopic (exact) mass is 1360 g/mol. The molecule has 2 aromatic heterocycles. The van der Waals surface area contributed by atoms with E-state index in [0.717, 1.165) is 65.3 Å². The first-order chi connectivity index (χ1) is 44.5. The lowest BCUT2D eigenvalue weighted by molar-refractivity contribution is -0.348.